The molecule has 0 heterocycles. The number of carboxylic acid groups (broad SMARTS) is 1. The molecule has 134 valence electrons. The van der Waals surface area contributed by atoms with Crippen molar-refractivity contribution in [3.63, 3.8) is 0 Å². The number of benzene rings is 2. The Balaban J connectivity index is 1.98. The summed E-state index contributed by atoms with van der Waals surface area (Å²) in [4.78, 5) is 10.9. The second-order valence-corrected chi connectivity index (χ2v) is 5.04. The normalized spacial score (nSPS) is 10.7. The third-order valence-electron chi connectivity index (χ3n) is 3.27. The van der Waals surface area contributed by atoms with Crippen molar-refractivity contribution >= 4 is 12.0 Å². The molecule has 0 saturated heterocycles. The highest BCUT2D eigenvalue weighted by Crippen LogP contribution is 2.29. The van der Waals surface area contributed by atoms with Crippen molar-refractivity contribution in [2.75, 3.05) is 20.3 Å². The second kappa shape index (κ2) is 9.08. The SMILES string of the molecule is COc1cc(C=C(C#N)C(=O)O)ccc1OCCOc1ccc(F)cc1. The number of hydrogen-bond donors (Lipinski definition) is 1. The van der Waals surface area contributed by atoms with Gasteiger partial charge in [-0.3, -0.25) is 0 Å². The number of rotatable bonds is 8. The monoisotopic (exact) mass is 357 g/mol. The van der Waals surface area contributed by atoms with E-state index in [4.69, 9.17) is 24.6 Å². The number of ether oxygens (including phenoxy) is 3. The zero-order valence-electron chi connectivity index (χ0n) is 13.9. The number of nitrogens with zero attached hydrogens (tertiary/aromatic N) is 1. The molecule has 0 spiro atoms. The largest absolute Gasteiger partial charge is 0.493 e. The van der Waals surface area contributed by atoms with Crippen LogP contribution in [0.1, 0.15) is 5.56 Å². The Labute approximate surface area is 149 Å². The Hall–Kier alpha value is -3.53. The number of carboxylic acids is 1. The van der Waals surface area contributed by atoms with Crippen molar-refractivity contribution < 1.29 is 28.5 Å². The highest BCUT2D eigenvalue weighted by Gasteiger charge is 2.09. The molecule has 0 fully saturated rings. The summed E-state index contributed by atoms with van der Waals surface area (Å²) >= 11 is 0. The van der Waals surface area contributed by atoms with Gasteiger partial charge in [0.05, 0.1) is 7.11 Å². The summed E-state index contributed by atoms with van der Waals surface area (Å²) < 4.78 is 29.0. The first kappa shape index (κ1) is 18.8. The molecule has 0 aliphatic carbocycles. The van der Waals surface area contributed by atoms with Crippen molar-refractivity contribution in [3.8, 4) is 23.3 Å². The van der Waals surface area contributed by atoms with Crippen LogP contribution < -0.4 is 14.2 Å². The highest BCUT2D eigenvalue weighted by atomic mass is 19.1. The standard InChI is InChI=1S/C19H16FNO5/c1-24-18-11-13(10-14(12-21)19(22)23)2-7-17(18)26-9-8-25-16-5-3-15(20)4-6-16/h2-7,10-11H,8-9H2,1H3,(H,22,23). The number of nitriles is 1. The van der Waals surface area contributed by atoms with Crippen molar-refractivity contribution in [1.29, 1.82) is 5.26 Å². The summed E-state index contributed by atoms with van der Waals surface area (Å²) in [6.07, 6.45) is 1.24. The van der Waals surface area contributed by atoms with E-state index in [1.807, 2.05) is 0 Å². The Bertz CT molecular complexity index is 840. The van der Waals surface area contributed by atoms with Gasteiger partial charge >= 0.3 is 5.97 Å². The minimum atomic E-state index is -1.30. The summed E-state index contributed by atoms with van der Waals surface area (Å²) in [5, 5.41) is 17.7. The first-order chi connectivity index (χ1) is 12.5. The van der Waals surface area contributed by atoms with Gasteiger partial charge in [-0.25, -0.2) is 9.18 Å². The van der Waals surface area contributed by atoms with Gasteiger partial charge in [0, 0.05) is 0 Å². The van der Waals surface area contributed by atoms with Gasteiger partial charge in [0.2, 0.25) is 0 Å². The fraction of sp³-hybridized carbons (Fsp3) is 0.158. The molecule has 0 atom stereocenters. The molecule has 0 saturated carbocycles. The molecule has 7 heteroatoms. The van der Waals surface area contributed by atoms with Gasteiger partial charge in [0.15, 0.2) is 11.5 Å². The van der Waals surface area contributed by atoms with E-state index in [0.717, 1.165) is 0 Å². The van der Waals surface area contributed by atoms with Crippen molar-refractivity contribution in [1.82, 2.24) is 0 Å². The van der Waals surface area contributed by atoms with Gasteiger partial charge < -0.3 is 19.3 Å². The van der Waals surface area contributed by atoms with Gasteiger partial charge in [0.25, 0.3) is 0 Å². The van der Waals surface area contributed by atoms with E-state index >= 15 is 0 Å². The lowest BCUT2D eigenvalue weighted by molar-refractivity contribution is -0.132. The smallest absolute Gasteiger partial charge is 0.346 e. The van der Waals surface area contributed by atoms with Crippen LogP contribution in [-0.4, -0.2) is 31.4 Å². The van der Waals surface area contributed by atoms with E-state index in [0.29, 0.717) is 22.8 Å². The summed E-state index contributed by atoms with van der Waals surface area (Å²) in [5.74, 6) is -0.274. The minimum Gasteiger partial charge on any atom is -0.493 e. The molecule has 0 radical (unpaired) electrons. The van der Waals surface area contributed by atoms with Crippen LogP contribution in [-0.2, 0) is 4.79 Å². The average Bonchev–Trinajstić information content (AvgIpc) is 2.65. The molecule has 0 aromatic heterocycles. The fourth-order valence-electron chi connectivity index (χ4n) is 2.04. The molecule has 1 N–H and O–H groups in total. The molecule has 26 heavy (non-hydrogen) atoms. The Kier molecular flexibility index (Phi) is 6.57. The van der Waals surface area contributed by atoms with Crippen LogP contribution >= 0.6 is 0 Å². The summed E-state index contributed by atoms with van der Waals surface area (Å²) in [6.45, 7) is 0.468. The lowest BCUT2D eigenvalue weighted by atomic mass is 10.1. The molecule has 0 aliphatic heterocycles. The number of methoxy groups -OCH3 is 1. The molecule has 2 aromatic rings. The van der Waals surface area contributed by atoms with E-state index in [2.05, 4.69) is 0 Å². The molecular formula is C19H16FNO5. The Morgan fingerprint density at radius 2 is 1.85 bits per heavy atom. The molecular weight excluding hydrogens is 341 g/mol. The predicted octanol–water partition coefficient (Wildman–Crippen LogP) is 3.28. The molecule has 2 aromatic carbocycles. The first-order valence-corrected chi connectivity index (χ1v) is 7.58. The van der Waals surface area contributed by atoms with Crippen LogP contribution in [0, 0.1) is 17.1 Å². The van der Waals surface area contributed by atoms with E-state index < -0.39 is 5.97 Å². The van der Waals surface area contributed by atoms with Gasteiger partial charge in [-0.1, -0.05) is 6.07 Å². The molecule has 0 aliphatic rings. The van der Waals surface area contributed by atoms with Gasteiger partial charge in [-0.2, -0.15) is 5.26 Å². The molecule has 0 amide bonds. The lowest BCUT2D eigenvalue weighted by Crippen LogP contribution is -2.09. The predicted molar refractivity (Wildman–Crippen MR) is 91.6 cm³/mol. The van der Waals surface area contributed by atoms with Gasteiger partial charge in [0.1, 0.15) is 36.4 Å². The number of halogens is 1. The van der Waals surface area contributed by atoms with Crippen LogP contribution in [0.25, 0.3) is 6.08 Å². The third-order valence-corrected chi connectivity index (χ3v) is 3.27. The summed E-state index contributed by atoms with van der Waals surface area (Å²) in [5.41, 5.74) is 0.115. The maximum Gasteiger partial charge on any atom is 0.346 e. The lowest BCUT2D eigenvalue weighted by Gasteiger charge is -2.12. The van der Waals surface area contributed by atoms with Crippen molar-refractivity contribution in [3.05, 3.63) is 59.4 Å². The second-order valence-electron chi connectivity index (χ2n) is 5.04. The van der Waals surface area contributed by atoms with E-state index in [9.17, 15) is 9.18 Å². The number of aliphatic carboxylic acids is 1. The van der Waals surface area contributed by atoms with E-state index in [-0.39, 0.29) is 24.6 Å². The Morgan fingerprint density at radius 3 is 2.46 bits per heavy atom. The van der Waals surface area contributed by atoms with Crippen LogP contribution in [0.2, 0.25) is 0 Å². The molecule has 0 bridgehead atoms. The van der Waals surface area contributed by atoms with Crippen molar-refractivity contribution in [2.24, 2.45) is 0 Å². The maximum absolute atomic E-state index is 12.8. The van der Waals surface area contributed by atoms with Crippen LogP contribution in [0.5, 0.6) is 17.2 Å². The van der Waals surface area contributed by atoms with Gasteiger partial charge in [-0.05, 0) is 48.0 Å². The molecule has 2 rings (SSSR count). The van der Waals surface area contributed by atoms with E-state index in [1.54, 1.807) is 24.3 Å². The van der Waals surface area contributed by atoms with Crippen LogP contribution in [0.3, 0.4) is 0 Å². The van der Waals surface area contributed by atoms with E-state index in [1.165, 1.54) is 37.5 Å². The molecule has 0 unspecified atom stereocenters. The van der Waals surface area contributed by atoms with Crippen LogP contribution in [0.15, 0.2) is 48.0 Å². The molecule has 6 nitrogen and oxygen atoms in total. The van der Waals surface area contributed by atoms with Crippen LogP contribution in [0.4, 0.5) is 4.39 Å². The quantitative estimate of drug-likeness (QED) is 0.443. The first-order valence-electron chi connectivity index (χ1n) is 7.58. The summed E-state index contributed by atoms with van der Waals surface area (Å²) in [7, 11) is 1.45. The van der Waals surface area contributed by atoms with Gasteiger partial charge in [-0.15, -0.1) is 0 Å². The van der Waals surface area contributed by atoms with Crippen molar-refractivity contribution in [2.45, 2.75) is 0 Å². The summed E-state index contributed by atoms with van der Waals surface area (Å²) in [6, 6.07) is 12.0. The highest BCUT2D eigenvalue weighted by molar-refractivity contribution is 5.96. The zero-order chi connectivity index (χ0) is 18.9. The third kappa shape index (κ3) is 5.24. The maximum atomic E-state index is 12.8. The minimum absolute atomic E-state index is 0.224. The number of hydrogen-bond acceptors (Lipinski definition) is 5. The number of carbonyl (C=O) groups is 1. The average molecular weight is 357 g/mol. The fourth-order valence-corrected chi connectivity index (χ4v) is 2.04. The zero-order valence-corrected chi connectivity index (χ0v) is 13.9. The topological polar surface area (TPSA) is 88.8 Å². The Morgan fingerprint density at radius 1 is 1.15 bits per heavy atom.